The zero-order chi connectivity index (χ0) is 16.4. The third-order valence-electron chi connectivity index (χ3n) is 3.90. The monoisotopic (exact) mass is 335 g/mol. The van der Waals surface area contributed by atoms with E-state index in [1.807, 2.05) is 6.07 Å². The van der Waals surface area contributed by atoms with Gasteiger partial charge < -0.3 is 9.64 Å². The van der Waals surface area contributed by atoms with Gasteiger partial charge in [-0.2, -0.15) is 0 Å². The molecule has 2 heterocycles. The van der Waals surface area contributed by atoms with Crippen LogP contribution in [0.5, 0.6) is 5.06 Å². The highest BCUT2D eigenvalue weighted by Gasteiger charge is 2.34. The van der Waals surface area contributed by atoms with E-state index in [0.717, 1.165) is 12.0 Å². The minimum atomic E-state index is -0.285. The number of aromatic nitrogens is 1. The molecule has 1 aromatic carbocycles. The molecule has 122 valence electrons. The molecule has 7 heteroatoms. The Morgan fingerprint density at radius 3 is 3.04 bits per heavy atom. The highest BCUT2D eigenvalue weighted by Crippen LogP contribution is 2.36. The second-order valence-corrected chi connectivity index (χ2v) is 6.68. The Labute approximate surface area is 138 Å². The average Bonchev–Trinajstić information content (AvgIpc) is 3.13. The van der Waals surface area contributed by atoms with Crippen molar-refractivity contribution in [3.8, 4) is 5.06 Å². The van der Waals surface area contributed by atoms with Crippen LogP contribution in [0.3, 0.4) is 0 Å². The van der Waals surface area contributed by atoms with E-state index in [2.05, 4.69) is 17.2 Å². The Hall–Kier alpha value is -2.15. The maximum Gasteiger partial charge on any atom is 0.324 e. The summed E-state index contributed by atoms with van der Waals surface area (Å²) in [6.45, 7) is 2.72. The van der Waals surface area contributed by atoms with Crippen molar-refractivity contribution in [2.75, 3.05) is 19.0 Å². The number of urea groups is 1. The SMILES string of the molecule is COc1cnc(NC(=O)N2CC(C)CC2c2cccc(F)c2)s1. The van der Waals surface area contributed by atoms with Gasteiger partial charge in [0.25, 0.3) is 0 Å². The molecule has 1 saturated heterocycles. The van der Waals surface area contributed by atoms with E-state index in [9.17, 15) is 9.18 Å². The number of methoxy groups -OCH3 is 1. The standard InChI is InChI=1S/C16H18FN3O2S/c1-10-6-13(11-4-3-5-12(17)7-11)20(9-10)16(21)19-15-18-8-14(22-2)23-15/h3-5,7-8,10,13H,6,9H2,1-2H3,(H,18,19,21). The van der Waals surface area contributed by atoms with Crippen LogP contribution in [0.4, 0.5) is 14.3 Å². The number of nitrogens with one attached hydrogen (secondary N) is 1. The molecule has 0 bridgehead atoms. The summed E-state index contributed by atoms with van der Waals surface area (Å²) in [5, 5.41) is 3.92. The van der Waals surface area contributed by atoms with Gasteiger partial charge in [0, 0.05) is 6.54 Å². The highest BCUT2D eigenvalue weighted by molar-refractivity contribution is 7.17. The van der Waals surface area contributed by atoms with Crippen LogP contribution in [0.15, 0.2) is 30.5 Å². The molecular weight excluding hydrogens is 317 g/mol. The molecular formula is C16H18FN3O2S. The van der Waals surface area contributed by atoms with Gasteiger partial charge in [-0.15, -0.1) is 0 Å². The van der Waals surface area contributed by atoms with E-state index >= 15 is 0 Å². The minimum Gasteiger partial charge on any atom is -0.486 e. The third-order valence-corrected chi connectivity index (χ3v) is 4.78. The lowest BCUT2D eigenvalue weighted by molar-refractivity contribution is 0.206. The average molecular weight is 335 g/mol. The van der Waals surface area contributed by atoms with Crippen molar-refractivity contribution >= 4 is 22.5 Å². The maximum absolute atomic E-state index is 13.5. The molecule has 2 aromatic rings. The summed E-state index contributed by atoms with van der Waals surface area (Å²) in [6.07, 6.45) is 2.38. The lowest BCUT2D eigenvalue weighted by atomic mass is 10.0. The zero-order valence-corrected chi connectivity index (χ0v) is 13.8. The van der Waals surface area contributed by atoms with E-state index in [4.69, 9.17) is 4.74 Å². The first-order valence-corrected chi connectivity index (χ1v) is 8.21. The third kappa shape index (κ3) is 3.44. The molecule has 1 fully saturated rings. The molecule has 1 aromatic heterocycles. The van der Waals surface area contributed by atoms with Gasteiger partial charge >= 0.3 is 6.03 Å². The topological polar surface area (TPSA) is 54.5 Å². The van der Waals surface area contributed by atoms with E-state index in [1.54, 1.807) is 24.3 Å². The molecule has 0 saturated carbocycles. The number of benzene rings is 1. The van der Waals surface area contributed by atoms with Gasteiger partial charge in [0.05, 0.1) is 19.3 Å². The summed E-state index contributed by atoms with van der Waals surface area (Å²) in [6, 6.07) is 6.10. The minimum absolute atomic E-state index is 0.123. The van der Waals surface area contributed by atoms with Gasteiger partial charge in [0.2, 0.25) is 0 Å². The number of likely N-dealkylation sites (tertiary alicyclic amines) is 1. The fourth-order valence-corrected chi connectivity index (χ4v) is 3.50. The summed E-state index contributed by atoms with van der Waals surface area (Å²) in [4.78, 5) is 18.4. The lowest BCUT2D eigenvalue weighted by Crippen LogP contribution is -2.34. The fraction of sp³-hybridized carbons (Fsp3) is 0.375. The van der Waals surface area contributed by atoms with Crippen LogP contribution in [0.1, 0.15) is 24.9 Å². The summed E-state index contributed by atoms with van der Waals surface area (Å²) in [7, 11) is 1.56. The second kappa shape index (κ2) is 6.54. The van der Waals surface area contributed by atoms with E-state index in [1.165, 1.54) is 23.5 Å². The van der Waals surface area contributed by atoms with Crippen LogP contribution in [-0.2, 0) is 0 Å². The lowest BCUT2D eigenvalue weighted by Gasteiger charge is -2.24. The van der Waals surface area contributed by atoms with Crippen LogP contribution in [0.25, 0.3) is 0 Å². The number of carbonyl (C=O) groups excluding carboxylic acids is 1. The quantitative estimate of drug-likeness (QED) is 0.925. The maximum atomic E-state index is 13.5. The summed E-state index contributed by atoms with van der Waals surface area (Å²) in [5.41, 5.74) is 0.821. The number of amides is 2. The number of carbonyl (C=O) groups is 1. The number of rotatable bonds is 3. The molecule has 2 amide bonds. The van der Waals surface area contributed by atoms with Crippen LogP contribution in [0.2, 0.25) is 0 Å². The number of halogens is 1. The van der Waals surface area contributed by atoms with E-state index < -0.39 is 0 Å². The highest BCUT2D eigenvalue weighted by atomic mass is 32.1. The zero-order valence-electron chi connectivity index (χ0n) is 13.0. The van der Waals surface area contributed by atoms with Crippen LogP contribution < -0.4 is 10.1 Å². The Kier molecular flexibility index (Phi) is 4.47. The number of nitrogens with zero attached hydrogens (tertiary/aromatic N) is 2. The van der Waals surface area contributed by atoms with Gasteiger partial charge in [-0.05, 0) is 30.0 Å². The molecule has 2 unspecified atom stereocenters. The van der Waals surface area contributed by atoms with Crippen LogP contribution in [0, 0.1) is 11.7 Å². The first-order chi connectivity index (χ1) is 11.1. The predicted octanol–water partition coefficient (Wildman–Crippen LogP) is 3.91. The van der Waals surface area contributed by atoms with Gasteiger partial charge in [0.1, 0.15) is 5.82 Å². The Morgan fingerprint density at radius 2 is 2.35 bits per heavy atom. The van der Waals surface area contributed by atoms with Gasteiger partial charge in [0.15, 0.2) is 10.2 Å². The van der Waals surface area contributed by atoms with Crippen molar-refractivity contribution < 1.29 is 13.9 Å². The van der Waals surface area contributed by atoms with E-state index in [0.29, 0.717) is 22.7 Å². The van der Waals surface area contributed by atoms with Crippen LogP contribution in [-0.4, -0.2) is 29.6 Å². The summed E-state index contributed by atoms with van der Waals surface area (Å²) < 4.78 is 18.6. The Balaban J connectivity index is 1.77. The van der Waals surface area contributed by atoms with Crippen molar-refractivity contribution in [3.63, 3.8) is 0 Å². The first-order valence-electron chi connectivity index (χ1n) is 7.39. The molecule has 0 aliphatic carbocycles. The van der Waals surface area contributed by atoms with E-state index in [-0.39, 0.29) is 17.9 Å². The summed E-state index contributed by atoms with van der Waals surface area (Å²) in [5.74, 6) is 0.0759. The van der Waals surface area contributed by atoms with Crippen molar-refractivity contribution in [2.45, 2.75) is 19.4 Å². The Morgan fingerprint density at radius 1 is 1.52 bits per heavy atom. The molecule has 0 spiro atoms. The Bertz CT molecular complexity index is 706. The molecule has 0 radical (unpaired) electrons. The fourth-order valence-electron chi connectivity index (χ4n) is 2.88. The molecule has 23 heavy (non-hydrogen) atoms. The van der Waals surface area contributed by atoms with Gasteiger partial charge in [-0.3, -0.25) is 5.32 Å². The van der Waals surface area contributed by atoms with Crippen molar-refractivity contribution in [1.29, 1.82) is 0 Å². The molecule has 5 nitrogen and oxygen atoms in total. The normalized spacial score (nSPS) is 20.6. The van der Waals surface area contributed by atoms with Crippen molar-refractivity contribution in [2.24, 2.45) is 5.92 Å². The molecule has 1 aliphatic heterocycles. The number of thiazole rings is 1. The van der Waals surface area contributed by atoms with Gasteiger partial charge in [-0.25, -0.2) is 14.2 Å². The van der Waals surface area contributed by atoms with Crippen molar-refractivity contribution in [1.82, 2.24) is 9.88 Å². The molecule has 2 atom stereocenters. The predicted molar refractivity (Wildman–Crippen MR) is 87.3 cm³/mol. The smallest absolute Gasteiger partial charge is 0.324 e. The molecule has 3 rings (SSSR count). The van der Waals surface area contributed by atoms with Crippen molar-refractivity contribution in [3.05, 3.63) is 41.8 Å². The number of hydrogen-bond donors (Lipinski definition) is 1. The van der Waals surface area contributed by atoms with Gasteiger partial charge in [-0.1, -0.05) is 30.4 Å². The largest absolute Gasteiger partial charge is 0.486 e. The van der Waals surface area contributed by atoms with Crippen LogP contribution >= 0.6 is 11.3 Å². The first kappa shape index (κ1) is 15.7. The number of ether oxygens (including phenoxy) is 1. The molecule has 1 aliphatic rings. The second-order valence-electron chi connectivity index (χ2n) is 5.68. The molecule has 1 N–H and O–H groups in total. The number of hydrogen-bond acceptors (Lipinski definition) is 4. The number of anilines is 1. The summed E-state index contributed by atoms with van der Waals surface area (Å²) >= 11 is 1.27.